The summed E-state index contributed by atoms with van der Waals surface area (Å²) in [6.07, 6.45) is 2.29. The van der Waals surface area contributed by atoms with Crippen LogP contribution in [0.2, 0.25) is 0 Å². The number of benzene rings is 1. The van der Waals surface area contributed by atoms with Crippen molar-refractivity contribution in [2.45, 2.75) is 57.0 Å². The molecule has 138 valence electrons. The molecule has 0 radical (unpaired) electrons. The van der Waals surface area contributed by atoms with Gasteiger partial charge in [0, 0.05) is 0 Å². The highest BCUT2D eigenvalue weighted by molar-refractivity contribution is 7.91. The zero-order valence-electron chi connectivity index (χ0n) is 14.7. The van der Waals surface area contributed by atoms with Crippen molar-refractivity contribution in [1.82, 2.24) is 0 Å². The Morgan fingerprint density at radius 3 is 2.36 bits per heavy atom. The Hall–Kier alpha value is -1.89. The van der Waals surface area contributed by atoms with Crippen molar-refractivity contribution >= 4 is 21.8 Å². The summed E-state index contributed by atoms with van der Waals surface area (Å²) in [6, 6.07) is 5.28. The molecule has 25 heavy (non-hydrogen) atoms. The molecule has 0 bridgehead atoms. The summed E-state index contributed by atoms with van der Waals surface area (Å²) >= 11 is 0. The fourth-order valence-electron chi connectivity index (χ4n) is 2.82. The van der Waals surface area contributed by atoms with Crippen molar-refractivity contribution in [2.75, 3.05) is 5.75 Å². The summed E-state index contributed by atoms with van der Waals surface area (Å²) < 4.78 is 30.6. The molecule has 0 aromatic heterocycles. The van der Waals surface area contributed by atoms with Crippen LogP contribution in [0.3, 0.4) is 0 Å². The van der Waals surface area contributed by atoms with E-state index in [9.17, 15) is 18.0 Å². The number of carbonyl (C=O) groups excluding carboxylic acids is 1. The summed E-state index contributed by atoms with van der Waals surface area (Å²) in [5.74, 6) is -1.74. The second-order valence-electron chi connectivity index (χ2n) is 7.54. The first kappa shape index (κ1) is 19.4. The van der Waals surface area contributed by atoms with Crippen LogP contribution in [0.15, 0.2) is 29.2 Å². The minimum absolute atomic E-state index is 0.0361. The zero-order chi connectivity index (χ0) is 18.9. The van der Waals surface area contributed by atoms with Gasteiger partial charge in [0.2, 0.25) is 0 Å². The van der Waals surface area contributed by atoms with Gasteiger partial charge in [-0.1, -0.05) is 12.5 Å². The number of hydrogen-bond donors (Lipinski definition) is 1. The van der Waals surface area contributed by atoms with Crippen molar-refractivity contribution in [3.8, 4) is 0 Å². The summed E-state index contributed by atoms with van der Waals surface area (Å²) in [6.45, 7) is 5.35. The van der Waals surface area contributed by atoms with Gasteiger partial charge >= 0.3 is 11.9 Å². The molecule has 1 N–H and O–H groups in total. The topological polar surface area (TPSA) is 97.7 Å². The molecule has 1 aliphatic carbocycles. The van der Waals surface area contributed by atoms with E-state index in [1.165, 1.54) is 18.2 Å². The molecule has 0 atom stereocenters. The lowest BCUT2D eigenvalue weighted by molar-refractivity contribution is -0.173. The molecule has 0 saturated heterocycles. The maximum absolute atomic E-state index is 12.6. The highest BCUT2D eigenvalue weighted by Gasteiger charge is 2.47. The minimum Gasteiger partial charge on any atom is -0.478 e. The summed E-state index contributed by atoms with van der Waals surface area (Å²) in [5.41, 5.74) is -1.44. The molecule has 0 heterocycles. The Morgan fingerprint density at radius 1 is 1.24 bits per heavy atom. The van der Waals surface area contributed by atoms with E-state index in [1.807, 2.05) is 0 Å². The number of carboxylic acid groups (broad SMARTS) is 1. The minimum atomic E-state index is -3.67. The van der Waals surface area contributed by atoms with E-state index in [1.54, 1.807) is 20.8 Å². The highest BCUT2D eigenvalue weighted by Crippen LogP contribution is 2.46. The van der Waals surface area contributed by atoms with Crippen LogP contribution in [0.1, 0.15) is 56.8 Å². The molecule has 0 spiro atoms. The SMILES string of the molecule is CC(C)(C)OC(=O)C1(CCS(=O)(=O)c2cccc(C(=O)O)c2)CCC1. The highest BCUT2D eigenvalue weighted by atomic mass is 32.2. The molecular weight excluding hydrogens is 344 g/mol. The Labute approximate surface area is 148 Å². The molecule has 7 heteroatoms. The van der Waals surface area contributed by atoms with Gasteiger partial charge in [-0.15, -0.1) is 0 Å². The van der Waals surface area contributed by atoms with E-state index >= 15 is 0 Å². The standard InChI is InChI=1S/C18H24O6S/c1-17(2,3)24-16(21)18(8-5-9-18)10-11-25(22,23)14-7-4-6-13(12-14)15(19)20/h4,6-7,12H,5,8-11H2,1-3H3,(H,19,20). The Balaban J connectivity index is 2.14. The lowest BCUT2D eigenvalue weighted by Gasteiger charge is -2.41. The first-order valence-electron chi connectivity index (χ1n) is 8.25. The van der Waals surface area contributed by atoms with E-state index in [0.29, 0.717) is 12.8 Å². The first-order chi connectivity index (χ1) is 11.5. The van der Waals surface area contributed by atoms with E-state index in [2.05, 4.69) is 0 Å². The number of esters is 1. The number of aromatic carboxylic acids is 1. The number of carboxylic acids is 1. The number of sulfone groups is 1. The molecule has 0 amide bonds. The maximum atomic E-state index is 12.6. The van der Waals surface area contributed by atoms with Gasteiger partial charge in [0.15, 0.2) is 9.84 Å². The van der Waals surface area contributed by atoms with Crippen molar-refractivity contribution < 1.29 is 27.9 Å². The fourth-order valence-corrected chi connectivity index (χ4v) is 4.30. The Bertz CT molecular complexity index is 769. The van der Waals surface area contributed by atoms with E-state index in [4.69, 9.17) is 9.84 Å². The van der Waals surface area contributed by atoms with Crippen molar-refractivity contribution in [3.63, 3.8) is 0 Å². The summed E-state index contributed by atoms with van der Waals surface area (Å²) in [5, 5.41) is 9.01. The quantitative estimate of drug-likeness (QED) is 0.775. The van der Waals surface area contributed by atoms with Gasteiger partial charge in [0.05, 0.1) is 21.6 Å². The van der Waals surface area contributed by atoms with Crippen molar-refractivity contribution in [2.24, 2.45) is 5.41 Å². The predicted molar refractivity (Wildman–Crippen MR) is 92.2 cm³/mol. The van der Waals surface area contributed by atoms with Crippen LogP contribution >= 0.6 is 0 Å². The van der Waals surface area contributed by atoms with Crippen LogP contribution in [0.5, 0.6) is 0 Å². The molecule has 1 aliphatic rings. The summed E-state index contributed by atoms with van der Waals surface area (Å²) in [7, 11) is -3.67. The van der Waals surface area contributed by atoms with E-state index in [-0.39, 0.29) is 28.6 Å². The van der Waals surface area contributed by atoms with Crippen molar-refractivity contribution in [1.29, 1.82) is 0 Å². The van der Waals surface area contributed by atoms with Gasteiger partial charge in [0.1, 0.15) is 5.60 Å². The number of ether oxygens (including phenoxy) is 1. The second kappa shape index (κ2) is 6.78. The monoisotopic (exact) mass is 368 g/mol. The average Bonchev–Trinajstić information content (AvgIpc) is 2.44. The van der Waals surface area contributed by atoms with Crippen LogP contribution in [0.4, 0.5) is 0 Å². The molecule has 1 aromatic carbocycles. The third-order valence-electron chi connectivity index (χ3n) is 4.43. The smallest absolute Gasteiger partial charge is 0.335 e. The number of carbonyl (C=O) groups is 2. The van der Waals surface area contributed by atoms with Crippen molar-refractivity contribution in [3.05, 3.63) is 29.8 Å². The molecule has 1 aromatic rings. The Morgan fingerprint density at radius 2 is 1.88 bits per heavy atom. The first-order valence-corrected chi connectivity index (χ1v) is 9.90. The van der Waals surface area contributed by atoms with Crippen LogP contribution in [-0.4, -0.2) is 36.8 Å². The molecule has 1 saturated carbocycles. The fraction of sp³-hybridized carbons (Fsp3) is 0.556. The third-order valence-corrected chi connectivity index (χ3v) is 6.15. The van der Waals surface area contributed by atoms with Gasteiger partial charge in [-0.3, -0.25) is 4.79 Å². The molecular formula is C18H24O6S. The van der Waals surface area contributed by atoms with Crippen LogP contribution in [0.25, 0.3) is 0 Å². The predicted octanol–water partition coefficient (Wildman–Crippen LogP) is 3.06. The van der Waals surface area contributed by atoms with E-state index < -0.39 is 26.8 Å². The lowest BCUT2D eigenvalue weighted by atomic mass is 9.67. The third kappa shape index (κ3) is 4.60. The molecule has 0 unspecified atom stereocenters. The van der Waals surface area contributed by atoms with Gasteiger partial charge < -0.3 is 9.84 Å². The summed E-state index contributed by atoms with van der Waals surface area (Å²) in [4.78, 5) is 23.4. The number of rotatable bonds is 6. The Kier molecular flexibility index (Phi) is 5.27. The lowest BCUT2D eigenvalue weighted by Crippen LogP contribution is -2.43. The van der Waals surface area contributed by atoms with Crippen LogP contribution < -0.4 is 0 Å². The second-order valence-corrected chi connectivity index (χ2v) is 9.65. The molecule has 1 fully saturated rings. The molecule has 6 nitrogen and oxygen atoms in total. The van der Waals surface area contributed by atoms with E-state index in [0.717, 1.165) is 12.5 Å². The largest absolute Gasteiger partial charge is 0.478 e. The zero-order valence-corrected chi connectivity index (χ0v) is 15.6. The molecule has 0 aliphatic heterocycles. The van der Waals surface area contributed by atoms with Gasteiger partial charge in [-0.2, -0.15) is 0 Å². The van der Waals surface area contributed by atoms with Gasteiger partial charge in [0.25, 0.3) is 0 Å². The average molecular weight is 368 g/mol. The molecule has 2 rings (SSSR count). The van der Waals surface area contributed by atoms with Crippen LogP contribution in [-0.2, 0) is 19.4 Å². The van der Waals surface area contributed by atoms with Gasteiger partial charge in [-0.05, 0) is 58.2 Å². The maximum Gasteiger partial charge on any atom is 0.335 e. The van der Waals surface area contributed by atoms with Crippen LogP contribution in [0, 0.1) is 5.41 Å². The normalized spacial score (nSPS) is 16.8. The van der Waals surface area contributed by atoms with Gasteiger partial charge in [-0.25, -0.2) is 13.2 Å². The number of hydrogen-bond acceptors (Lipinski definition) is 5.